The molecule has 3 rings (SSSR count). The Hall–Kier alpha value is -2.58. The molecule has 1 heterocycles. The fourth-order valence-corrected chi connectivity index (χ4v) is 4.27. The van der Waals surface area contributed by atoms with E-state index in [1.165, 1.54) is 6.07 Å². The molecule has 29 heavy (non-hydrogen) atoms. The molecule has 0 atom stereocenters. The molecule has 0 spiro atoms. The van der Waals surface area contributed by atoms with Crippen LogP contribution < -0.4 is 19.5 Å². The Morgan fingerprint density at radius 1 is 1.00 bits per heavy atom. The number of hydrogen-bond donors (Lipinski definition) is 2. The fourth-order valence-electron chi connectivity index (χ4n) is 3.19. The van der Waals surface area contributed by atoms with Crippen molar-refractivity contribution in [2.24, 2.45) is 0 Å². The molecule has 0 radical (unpaired) electrons. The van der Waals surface area contributed by atoms with Gasteiger partial charge in [-0.1, -0.05) is 6.07 Å². The first-order chi connectivity index (χ1) is 13.9. The molecular weight excluding hydrogens is 392 g/mol. The number of nitrogens with one attached hydrogen (secondary N) is 2. The average molecular weight is 419 g/mol. The van der Waals surface area contributed by atoms with E-state index in [0.29, 0.717) is 49.7 Å². The average Bonchev–Trinajstić information content (AvgIpc) is 2.69. The van der Waals surface area contributed by atoms with E-state index in [1.54, 1.807) is 12.1 Å². The van der Waals surface area contributed by atoms with Crippen LogP contribution in [0, 0.1) is 0 Å². The number of hydrogen-bond acceptors (Lipinski definition) is 5. The molecule has 0 aliphatic carbocycles. The van der Waals surface area contributed by atoms with E-state index in [9.17, 15) is 13.2 Å². The number of carbonyl (C=O) groups is 1. The van der Waals surface area contributed by atoms with Crippen LogP contribution in [0.25, 0.3) is 0 Å². The molecule has 156 valence electrons. The number of amides is 1. The van der Waals surface area contributed by atoms with E-state index >= 15 is 0 Å². The molecule has 1 amide bonds. The topological polar surface area (TPSA) is 93.7 Å². The van der Waals surface area contributed by atoms with E-state index in [-0.39, 0.29) is 17.3 Å². The highest BCUT2D eigenvalue weighted by molar-refractivity contribution is 7.89. The van der Waals surface area contributed by atoms with Crippen LogP contribution >= 0.6 is 0 Å². The van der Waals surface area contributed by atoms with Crippen LogP contribution in [0.5, 0.6) is 11.5 Å². The zero-order valence-corrected chi connectivity index (χ0v) is 17.5. The lowest BCUT2D eigenvalue weighted by Crippen LogP contribution is -2.26. The van der Waals surface area contributed by atoms with E-state index < -0.39 is 10.0 Å². The summed E-state index contributed by atoms with van der Waals surface area (Å²) in [5.41, 5.74) is 2.46. The van der Waals surface area contributed by atoms with Crippen molar-refractivity contribution >= 4 is 21.6 Å². The molecule has 0 bridgehead atoms. The first-order valence-corrected chi connectivity index (χ1v) is 11.2. The number of fused-ring (bicyclic) bond motifs is 1. The fraction of sp³-hybridized carbons (Fsp3) is 0.381. The van der Waals surface area contributed by atoms with Crippen LogP contribution in [0.1, 0.15) is 31.4 Å². The van der Waals surface area contributed by atoms with Gasteiger partial charge >= 0.3 is 0 Å². The molecule has 0 unspecified atom stereocenters. The van der Waals surface area contributed by atoms with Crippen LogP contribution in [-0.4, -0.2) is 34.1 Å². The van der Waals surface area contributed by atoms with Gasteiger partial charge in [-0.15, -0.1) is 0 Å². The number of ether oxygens (including phenoxy) is 2. The summed E-state index contributed by atoms with van der Waals surface area (Å²) in [5.74, 6) is 1.29. The van der Waals surface area contributed by atoms with Crippen LogP contribution in [0.4, 0.5) is 5.69 Å². The van der Waals surface area contributed by atoms with E-state index in [0.717, 1.165) is 11.1 Å². The minimum Gasteiger partial charge on any atom is -0.490 e. The molecule has 0 fully saturated rings. The molecule has 0 saturated carbocycles. The Morgan fingerprint density at radius 3 is 2.52 bits per heavy atom. The minimum atomic E-state index is -3.63. The minimum absolute atomic E-state index is 0.0481. The second kappa shape index (κ2) is 9.28. The number of anilines is 1. The summed E-state index contributed by atoms with van der Waals surface area (Å²) in [6.45, 7) is 5.14. The Bertz CT molecular complexity index is 989. The van der Waals surface area contributed by atoms with Crippen LogP contribution in [0.15, 0.2) is 41.3 Å². The summed E-state index contributed by atoms with van der Waals surface area (Å²) in [6, 6.07) is 10.4. The van der Waals surface area contributed by atoms with Crippen molar-refractivity contribution in [1.82, 2.24) is 4.72 Å². The van der Waals surface area contributed by atoms with Crippen LogP contribution in [0.3, 0.4) is 0 Å². The summed E-state index contributed by atoms with van der Waals surface area (Å²) < 4.78 is 39.1. The van der Waals surface area contributed by atoms with Gasteiger partial charge in [0.25, 0.3) is 0 Å². The van der Waals surface area contributed by atoms with Crippen molar-refractivity contribution in [3.63, 3.8) is 0 Å². The first-order valence-electron chi connectivity index (χ1n) is 9.74. The predicted octanol–water partition coefficient (Wildman–Crippen LogP) is 2.89. The number of rotatable bonds is 9. The van der Waals surface area contributed by atoms with Crippen molar-refractivity contribution in [2.45, 2.75) is 38.0 Å². The van der Waals surface area contributed by atoms with Gasteiger partial charge in [0.15, 0.2) is 11.5 Å². The second-order valence-corrected chi connectivity index (χ2v) is 8.43. The zero-order chi connectivity index (χ0) is 20.9. The van der Waals surface area contributed by atoms with E-state index in [4.69, 9.17) is 9.47 Å². The summed E-state index contributed by atoms with van der Waals surface area (Å²) >= 11 is 0. The van der Waals surface area contributed by atoms with Crippen LogP contribution in [-0.2, 0) is 27.7 Å². The molecule has 2 aromatic carbocycles. The molecule has 1 aliphatic rings. The standard InChI is InChI=1S/C21H26N2O5S/c1-3-27-19-9-5-15(13-20(19)28-4-2)11-12-22-29(25,26)17-7-8-18-16(14-17)6-10-21(24)23-18/h5,7-9,13-14,22H,3-4,6,10-12H2,1-2H3,(H,23,24). The lowest BCUT2D eigenvalue weighted by molar-refractivity contribution is -0.116. The van der Waals surface area contributed by atoms with Gasteiger partial charge in [-0.2, -0.15) is 0 Å². The predicted molar refractivity (Wildman–Crippen MR) is 111 cm³/mol. The molecular formula is C21H26N2O5S. The molecule has 2 N–H and O–H groups in total. The smallest absolute Gasteiger partial charge is 0.240 e. The maximum Gasteiger partial charge on any atom is 0.240 e. The Morgan fingerprint density at radius 2 is 1.76 bits per heavy atom. The summed E-state index contributed by atoms with van der Waals surface area (Å²) in [5, 5.41) is 2.76. The third kappa shape index (κ3) is 5.27. The highest BCUT2D eigenvalue weighted by atomic mass is 32.2. The van der Waals surface area contributed by atoms with Gasteiger partial charge < -0.3 is 14.8 Å². The van der Waals surface area contributed by atoms with Gasteiger partial charge in [0.05, 0.1) is 18.1 Å². The van der Waals surface area contributed by atoms with Crippen molar-refractivity contribution < 1.29 is 22.7 Å². The van der Waals surface area contributed by atoms with E-state index in [1.807, 2.05) is 32.0 Å². The lowest BCUT2D eigenvalue weighted by atomic mass is 10.0. The Balaban J connectivity index is 1.65. The van der Waals surface area contributed by atoms with Gasteiger partial charge in [0.2, 0.25) is 15.9 Å². The van der Waals surface area contributed by atoms with Crippen molar-refractivity contribution in [1.29, 1.82) is 0 Å². The number of benzene rings is 2. The highest BCUT2D eigenvalue weighted by Gasteiger charge is 2.19. The van der Waals surface area contributed by atoms with Crippen molar-refractivity contribution in [3.8, 4) is 11.5 Å². The van der Waals surface area contributed by atoms with Gasteiger partial charge in [-0.3, -0.25) is 4.79 Å². The summed E-state index contributed by atoms with van der Waals surface area (Å²) in [4.78, 5) is 11.7. The maximum atomic E-state index is 12.6. The molecule has 0 aromatic heterocycles. The van der Waals surface area contributed by atoms with Gasteiger partial charge in [-0.25, -0.2) is 13.1 Å². The molecule has 1 aliphatic heterocycles. The third-order valence-electron chi connectivity index (χ3n) is 4.60. The van der Waals surface area contributed by atoms with Gasteiger partial charge in [-0.05, 0) is 68.1 Å². The van der Waals surface area contributed by atoms with Crippen molar-refractivity contribution in [3.05, 3.63) is 47.5 Å². The van der Waals surface area contributed by atoms with Crippen molar-refractivity contribution in [2.75, 3.05) is 25.1 Å². The number of carbonyl (C=O) groups excluding carboxylic acids is 1. The monoisotopic (exact) mass is 418 g/mol. The Labute approximate surface area is 171 Å². The number of aryl methyl sites for hydroxylation is 1. The Kier molecular flexibility index (Phi) is 6.76. The van der Waals surface area contributed by atoms with E-state index in [2.05, 4.69) is 10.0 Å². The maximum absolute atomic E-state index is 12.6. The summed E-state index contributed by atoms with van der Waals surface area (Å²) in [6.07, 6.45) is 1.42. The summed E-state index contributed by atoms with van der Waals surface area (Å²) in [7, 11) is -3.63. The lowest BCUT2D eigenvalue weighted by Gasteiger charge is -2.17. The molecule has 2 aromatic rings. The largest absolute Gasteiger partial charge is 0.490 e. The van der Waals surface area contributed by atoms with Gasteiger partial charge in [0, 0.05) is 18.7 Å². The number of sulfonamides is 1. The third-order valence-corrected chi connectivity index (χ3v) is 6.05. The second-order valence-electron chi connectivity index (χ2n) is 6.66. The molecule has 8 heteroatoms. The molecule has 0 saturated heterocycles. The normalized spacial score (nSPS) is 13.5. The SMILES string of the molecule is CCOc1ccc(CCNS(=O)(=O)c2ccc3c(c2)CCC(=O)N3)cc1OCC. The highest BCUT2D eigenvalue weighted by Crippen LogP contribution is 2.29. The molecule has 7 nitrogen and oxygen atoms in total. The van der Waals surface area contributed by atoms with Gasteiger partial charge in [0.1, 0.15) is 0 Å². The van der Waals surface area contributed by atoms with Crippen LogP contribution in [0.2, 0.25) is 0 Å². The first kappa shape index (κ1) is 21.1. The zero-order valence-electron chi connectivity index (χ0n) is 16.7. The quantitative estimate of drug-likeness (QED) is 0.653.